The van der Waals surface area contributed by atoms with Crippen molar-refractivity contribution in [3.05, 3.63) is 229 Å². The smallest absolute Gasteiger partial charge is 0.160 e. The molecular formula is C53H34N2. The summed E-state index contributed by atoms with van der Waals surface area (Å²) in [4.78, 5) is 10.4. The van der Waals surface area contributed by atoms with Gasteiger partial charge in [0.1, 0.15) is 0 Å². The fourth-order valence-electron chi connectivity index (χ4n) is 9.14. The Balaban J connectivity index is 1.09. The summed E-state index contributed by atoms with van der Waals surface area (Å²) >= 11 is 0. The predicted octanol–water partition coefficient (Wildman–Crippen LogP) is 13.3. The van der Waals surface area contributed by atoms with E-state index in [0.717, 1.165) is 33.3 Å². The Morgan fingerprint density at radius 1 is 0.345 bits per heavy atom. The lowest BCUT2D eigenvalue weighted by Crippen LogP contribution is -2.28. The molecule has 0 unspecified atom stereocenters. The van der Waals surface area contributed by atoms with E-state index in [2.05, 4.69) is 206 Å². The lowest BCUT2D eigenvalue weighted by atomic mass is 9.67. The Morgan fingerprint density at radius 3 is 1.84 bits per heavy atom. The molecule has 0 atom stereocenters. The molecule has 0 saturated heterocycles. The van der Waals surface area contributed by atoms with E-state index in [4.69, 9.17) is 9.97 Å². The van der Waals surface area contributed by atoms with Gasteiger partial charge in [0.05, 0.1) is 16.6 Å². The summed E-state index contributed by atoms with van der Waals surface area (Å²) < 4.78 is 0. The molecule has 10 aromatic rings. The number of nitrogens with zero attached hydrogens (tertiary/aromatic N) is 2. The quantitative estimate of drug-likeness (QED) is 0.179. The van der Waals surface area contributed by atoms with Crippen molar-refractivity contribution in [2.24, 2.45) is 0 Å². The van der Waals surface area contributed by atoms with E-state index < -0.39 is 5.41 Å². The highest BCUT2D eigenvalue weighted by Gasteiger charge is 2.46. The molecule has 1 aromatic heterocycles. The van der Waals surface area contributed by atoms with Crippen LogP contribution in [0.4, 0.5) is 0 Å². The van der Waals surface area contributed by atoms with Crippen LogP contribution < -0.4 is 0 Å². The third kappa shape index (κ3) is 4.82. The fourth-order valence-corrected chi connectivity index (χ4v) is 9.14. The zero-order chi connectivity index (χ0) is 36.3. The normalized spacial score (nSPS) is 12.9. The summed E-state index contributed by atoms with van der Waals surface area (Å²) in [5, 5.41) is 5.93. The van der Waals surface area contributed by atoms with E-state index in [1.54, 1.807) is 0 Å². The van der Waals surface area contributed by atoms with Crippen LogP contribution >= 0.6 is 0 Å². The van der Waals surface area contributed by atoms with E-state index in [0.29, 0.717) is 5.82 Å². The van der Waals surface area contributed by atoms with Crippen LogP contribution in [0, 0.1) is 0 Å². The van der Waals surface area contributed by atoms with Gasteiger partial charge in [-0.3, -0.25) is 0 Å². The van der Waals surface area contributed by atoms with Gasteiger partial charge in [0.2, 0.25) is 0 Å². The number of benzene rings is 9. The van der Waals surface area contributed by atoms with Crippen LogP contribution in [0.3, 0.4) is 0 Å². The zero-order valence-electron chi connectivity index (χ0n) is 30.0. The van der Waals surface area contributed by atoms with Crippen molar-refractivity contribution < 1.29 is 0 Å². The van der Waals surface area contributed by atoms with Crippen molar-refractivity contribution in [1.29, 1.82) is 0 Å². The standard InChI is InChI=1S/C53H34N2/c1-3-19-40(20-4-1)53(41-21-5-2-6-22-41)47-27-11-9-23-45(47)50-44-26-14-25-42(43(44)31-32-48(50)53)37-17-13-18-39(34-37)52-54-49-28-12-10-24-46(49)51(55-52)38-30-29-35-15-7-8-16-36(35)33-38/h1-34H. The van der Waals surface area contributed by atoms with Gasteiger partial charge < -0.3 is 0 Å². The Labute approximate surface area is 320 Å². The van der Waals surface area contributed by atoms with Crippen LogP contribution in [0.5, 0.6) is 0 Å². The molecule has 0 amide bonds. The molecule has 0 bridgehead atoms. The minimum absolute atomic E-state index is 0.436. The Hall–Kier alpha value is -7.16. The highest BCUT2D eigenvalue weighted by molar-refractivity contribution is 6.09. The van der Waals surface area contributed by atoms with Gasteiger partial charge in [-0.15, -0.1) is 0 Å². The average Bonchev–Trinajstić information content (AvgIpc) is 3.58. The first kappa shape index (κ1) is 31.4. The molecule has 0 spiro atoms. The summed E-state index contributed by atoms with van der Waals surface area (Å²) in [6.45, 7) is 0. The van der Waals surface area contributed by atoms with Gasteiger partial charge in [-0.25, -0.2) is 9.97 Å². The molecule has 0 radical (unpaired) electrons. The Morgan fingerprint density at radius 2 is 1.00 bits per heavy atom. The van der Waals surface area contributed by atoms with Crippen LogP contribution in [0.25, 0.3) is 77.3 Å². The largest absolute Gasteiger partial charge is 0.228 e. The molecule has 11 rings (SSSR count). The van der Waals surface area contributed by atoms with Crippen LogP contribution in [0.2, 0.25) is 0 Å². The van der Waals surface area contributed by atoms with Crippen molar-refractivity contribution >= 4 is 32.4 Å². The minimum atomic E-state index is -0.436. The predicted molar refractivity (Wildman–Crippen MR) is 228 cm³/mol. The van der Waals surface area contributed by atoms with E-state index in [1.165, 1.54) is 60.5 Å². The number of para-hydroxylation sites is 1. The second-order valence-electron chi connectivity index (χ2n) is 14.5. The topological polar surface area (TPSA) is 25.8 Å². The summed E-state index contributed by atoms with van der Waals surface area (Å²) in [7, 11) is 0. The van der Waals surface area contributed by atoms with E-state index >= 15 is 0 Å². The molecule has 55 heavy (non-hydrogen) atoms. The molecule has 1 aliphatic carbocycles. The minimum Gasteiger partial charge on any atom is -0.228 e. The van der Waals surface area contributed by atoms with E-state index in [-0.39, 0.29) is 0 Å². The zero-order valence-corrected chi connectivity index (χ0v) is 30.0. The van der Waals surface area contributed by atoms with E-state index in [1.807, 2.05) is 0 Å². The monoisotopic (exact) mass is 698 g/mol. The molecular weight excluding hydrogens is 665 g/mol. The molecule has 2 nitrogen and oxygen atoms in total. The molecule has 1 aliphatic rings. The average molecular weight is 699 g/mol. The van der Waals surface area contributed by atoms with Crippen molar-refractivity contribution in [3.63, 3.8) is 0 Å². The van der Waals surface area contributed by atoms with Gasteiger partial charge in [-0.2, -0.15) is 0 Å². The van der Waals surface area contributed by atoms with Gasteiger partial charge in [-0.1, -0.05) is 188 Å². The molecule has 0 N–H and O–H groups in total. The van der Waals surface area contributed by atoms with Crippen LogP contribution in [-0.2, 0) is 5.41 Å². The maximum Gasteiger partial charge on any atom is 0.160 e. The van der Waals surface area contributed by atoms with E-state index in [9.17, 15) is 0 Å². The van der Waals surface area contributed by atoms with Gasteiger partial charge in [0, 0.05) is 16.5 Å². The Bertz CT molecular complexity index is 3050. The fraction of sp³-hybridized carbons (Fsp3) is 0.0189. The first-order valence-electron chi connectivity index (χ1n) is 18.9. The maximum absolute atomic E-state index is 5.28. The highest BCUT2D eigenvalue weighted by Crippen LogP contribution is 2.58. The molecule has 256 valence electrons. The third-order valence-electron chi connectivity index (χ3n) is 11.5. The second kappa shape index (κ2) is 12.5. The second-order valence-corrected chi connectivity index (χ2v) is 14.5. The molecule has 9 aromatic carbocycles. The first-order valence-corrected chi connectivity index (χ1v) is 18.9. The summed E-state index contributed by atoms with van der Waals surface area (Å²) in [5.74, 6) is 0.717. The van der Waals surface area contributed by atoms with Gasteiger partial charge in [0.25, 0.3) is 0 Å². The number of rotatable bonds is 5. The number of aromatic nitrogens is 2. The number of fused-ring (bicyclic) bond motifs is 7. The summed E-state index contributed by atoms with van der Waals surface area (Å²) in [5.41, 5.74) is 13.6. The van der Waals surface area contributed by atoms with Crippen molar-refractivity contribution in [3.8, 4) is 44.9 Å². The molecule has 0 fully saturated rings. The maximum atomic E-state index is 5.28. The lowest BCUT2D eigenvalue weighted by Gasteiger charge is -2.34. The van der Waals surface area contributed by atoms with Gasteiger partial charge >= 0.3 is 0 Å². The number of hydrogen-bond donors (Lipinski definition) is 0. The Kier molecular flexibility index (Phi) is 7.11. The van der Waals surface area contributed by atoms with Crippen molar-refractivity contribution in [1.82, 2.24) is 9.97 Å². The molecule has 0 aliphatic heterocycles. The van der Waals surface area contributed by atoms with Crippen LogP contribution in [0.15, 0.2) is 206 Å². The molecule has 1 heterocycles. The molecule has 0 saturated carbocycles. The third-order valence-corrected chi connectivity index (χ3v) is 11.5. The lowest BCUT2D eigenvalue weighted by molar-refractivity contribution is 0.769. The summed E-state index contributed by atoms with van der Waals surface area (Å²) in [6.07, 6.45) is 0. The molecule has 2 heteroatoms. The van der Waals surface area contributed by atoms with Gasteiger partial charge in [0.15, 0.2) is 5.82 Å². The first-order chi connectivity index (χ1) is 27.3. The number of hydrogen-bond acceptors (Lipinski definition) is 2. The van der Waals surface area contributed by atoms with Crippen LogP contribution in [0.1, 0.15) is 22.3 Å². The van der Waals surface area contributed by atoms with Crippen molar-refractivity contribution in [2.75, 3.05) is 0 Å². The summed E-state index contributed by atoms with van der Waals surface area (Å²) in [6, 6.07) is 74.6. The van der Waals surface area contributed by atoms with Crippen LogP contribution in [-0.4, -0.2) is 9.97 Å². The SMILES string of the molecule is c1ccc(C2(c3ccccc3)c3ccccc3-c3c2ccc2c(-c4cccc(-c5nc(-c6ccc7ccccc7c6)c6ccccc6n5)c4)cccc32)cc1. The van der Waals surface area contributed by atoms with Crippen molar-refractivity contribution in [2.45, 2.75) is 5.41 Å². The van der Waals surface area contributed by atoms with Gasteiger partial charge in [-0.05, 0) is 84.3 Å². The highest BCUT2D eigenvalue weighted by atomic mass is 14.9.